The van der Waals surface area contributed by atoms with Crippen LogP contribution in [0.3, 0.4) is 0 Å². The number of rotatable bonds is 5. The first-order valence-corrected chi connectivity index (χ1v) is 4.92. The minimum Gasteiger partial charge on any atom is -0.764 e. The number of ether oxygens (including phenoxy) is 1. The van der Waals surface area contributed by atoms with Gasteiger partial charge in [0, 0.05) is 12.1 Å². The van der Waals surface area contributed by atoms with E-state index >= 15 is 0 Å². The summed E-state index contributed by atoms with van der Waals surface area (Å²) in [6.07, 6.45) is 3.09. The maximum Gasteiger partial charge on any atom is 0.406 e. The fourth-order valence-corrected chi connectivity index (χ4v) is 1.14. The Bertz CT molecular complexity index is 411. The number of aromatic nitrogens is 1. The molecule has 1 N–H and O–H groups in total. The quantitative estimate of drug-likeness (QED) is 0.445. The molecule has 1 aromatic rings. The van der Waals surface area contributed by atoms with Crippen molar-refractivity contribution in [3.8, 4) is 0 Å². The van der Waals surface area contributed by atoms with Crippen LogP contribution in [-0.2, 0) is 4.74 Å². The molecule has 0 bridgehead atoms. The first-order valence-electron chi connectivity index (χ1n) is 4.92. The molecule has 0 aliphatic rings. The third-order valence-electron chi connectivity index (χ3n) is 1.80. The van der Waals surface area contributed by atoms with E-state index in [1.54, 1.807) is 31.3 Å². The van der Waals surface area contributed by atoms with Gasteiger partial charge in [-0.15, -0.1) is 0 Å². The predicted molar refractivity (Wildman–Crippen MR) is 59.8 cm³/mol. The molecule has 0 aromatic carbocycles. The standard InChI is InChI=1S/C11H13N3O2/c1-2-16-11(15)10-6-3-4-9-14(10)13-8-5-7-12/h3-6,9,13H,2,8H2,1H3. The molecule has 0 radical (unpaired) electrons. The zero-order valence-corrected chi connectivity index (χ0v) is 9.01. The molecule has 0 atom stereocenters. The summed E-state index contributed by atoms with van der Waals surface area (Å²) in [5.41, 5.74) is 3.29. The Hall–Kier alpha value is -2.13. The lowest BCUT2D eigenvalue weighted by Gasteiger charge is -2.02. The lowest BCUT2D eigenvalue weighted by atomic mass is 10.3. The Morgan fingerprint density at radius 2 is 2.50 bits per heavy atom. The van der Waals surface area contributed by atoms with Crippen LogP contribution in [0.5, 0.6) is 0 Å². The van der Waals surface area contributed by atoms with Crippen LogP contribution in [0.1, 0.15) is 17.4 Å². The third-order valence-corrected chi connectivity index (χ3v) is 1.80. The van der Waals surface area contributed by atoms with Crippen LogP contribution >= 0.6 is 0 Å². The zero-order valence-electron chi connectivity index (χ0n) is 9.01. The molecule has 0 unspecified atom stereocenters. The minimum atomic E-state index is -0.396. The SMILES string of the molecule is CCOC(=O)c1cccc[n+]1NCC=C=[N-]. The van der Waals surface area contributed by atoms with E-state index < -0.39 is 5.97 Å². The van der Waals surface area contributed by atoms with Gasteiger partial charge in [0.15, 0.2) is 6.20 Å². The van der Waals surface area contributed by atoms with E-state index in [0.717, 1.165) is 0 Å². The molecular formula is C11H13N3O2. The molecule has 5 nitrogen and oxygen atoms in total. The van der Waals surface area contributed by atoms with Gasteiger partial charge in [0.05, 0.1) is 13.2 Å². The number of hydrogen-bond acceptors (Lipinski definition) is 3. The summed E-state index contributed by atoms with van der Waals surface area (Å²) in [6.45, 7) is 2.44. The van der Waals surface area contributed by atoms with Crippen LogP contribution in [0.2, 0.25) is 0 Å². The molecule has 0 saturated carbocycles. The number of esters is 1. The molecule has 0 fully saturated rings. The van der Waals surface area contributed by atoms with Gasteiger partial charge in [0.25, 0.3) is 0 Å². The Kier molecular flexibility index (Phi) is 4.76. The number of nitrogens with one attached hydrogen (secondary N) is 1. The maximum absolute atomic E-state index is 11.5. The topological polar surface area (TPSA) is 64.5 Å². The van der Waals surface area contributed by atoms with Crippen molar-refractivity contribution in [2.75, 3.05) is 18.6 Å². The average molecular weight is 219 g/mol. The van der Waals surface area contributed by atoms with Gasteiger partial charge in [-0.3, -0.25) is 5.87 Å². The largest absolute Gasteiger partial charge is 0.764 e. The summed E-state index contributed by atoms with van der Waals surface area (Å²) in [4.78, 5) is 11.5. The number of pyridine rings is 1. The van der Waals surface area contributed by atoms with Gasteiger partial charge in [0.2, 0.25) is 0 Å². The van der Waals surface area contributed by atoms with E-state index in [4.69, 9.17) is 10.1 Å². The molecule has 5 heteroatoms. The normalized spacial score (nSPS) is 9.06. The fourth-order valence-electron chi connectivity index (χ4n) is 1.14. The molecular weight excluding hydrogens is 206 g/mol. The Morgan fingerprint density at radius 3 is 3.19 bits per heavy atom. The van der Waals surface area contributed by atoms with E-state index in [-0.39, 0.29) is 0 Å². The van der Waals surface area contributed by atoms with Gasteiger partial charge in [-0.2, -0.15) is 5.43 Å². The van der Waals surface area contributed by atoms with Crippen LogP contribution in [0.4, 0.5) is 0 Å². The van der Waals surface area contributed by atoms with Gasteiger partial charge >= 0.3 is 11.7 Å². The second-order valence-corrected chi connectivity index (χ2v) is 2.87. The van der Waals surface area contributed by atoms with Crippen molar-refractivity contribution < 1.29 is 14.2 Å². The first-order chi connectivity index (χ1) is 7.79. The monoisotopic (exact) mass is 219 g/mol. The van der Waals surface area contributed by atoms with Crippen molar-refractivity contribution in [3.63, 3.8) is 0 Å². The van der Waals surface area contributed by atoms with Crippen LogP contribution in [0, 0.1) is 0 Å². The summed E-state index contributed by atoms with van der Waals surface area (Å²) in [7, 11) is 0. The molecule has 0 spiro atoms. The summed E-state index contributed by atoms with van der Waals surface area (Å²) in [5.74, 6) is 1.50. The number of hydrogen-bond donors (Lipinski definition) is 1. The molecule has 1 aromatic heterocycles. The fraction of sp³-hybridized carbons (Fsp3) is 0.273. The van der Waals surface area contributed by atoms with E-state index in [1.807, 2.05) is 5.87 Å². The molecule has 16 heavy (non-hydrogen) atoms. The van der Waals surface area contributed by atoms with Crippen molar-refractivity contribution in [1.82, 2.24) is 0 Å². The second kappa shape index (κ2) is 6.37. The van der Waals surface area contributed by atoms with Crippen LogP contribution < -0.4 is 10.1 Å². The smallest absolute Gasteiger partial charge is 0.406 e. The van der Waals surface area contributed by atoms with E-state index in [0.29, 0.717) is 18.8 Å². The third kappa shape index (κ3) is 3.22. The van der Waals surface area contributed by atoms with Crippen molar-refractivity contribution in [2.24, 2.45) is 0 Å². The van der Waals surface area contributed by atoms with Gasteiger partial charge in [-0.25, -0.2) is 4.79 Å². The highest BCUT2D eigenvalue weighted by Crippen LogP contribution is 1.94. The summed E-state index contributed by atoms with van der Waals surface area (Å²) in [6, 6.07) is 5.18. The van der Waals surface area contributed by atoms with E-state index in [1.165, 1.54) is 10.8 Å². The Labute approximate surface area is 93.8 Å². The molecule has 0 aliphatic heterocycles. The molecule has 1 heterocycles. The van der Waals surface area contributed by atoms with Crippen molar-refractivity contribution in [2.45, 2.75) is 6.92 Å². The predicted octanol–water partition coefficient (Wildman–Crippen LogP) is 0.490. The maximum atomic E-state index is 11.5. The van der Waals surface area contributed by atoms with E-state index in [9.17, 15) is 4.79 Å². The first kappa shape index (κ1) is 11.9. The van der Waals surface area contributed by atoms with Crippen LogP contribution in [-0.4, -0.2) is 25.0 Å². The van der Waals surface area contributed by atoms with Crippen molar-refractivity contribution >= 4 is 11.8 Å². The molecule has 84 valence electrons. The highest BCUT2D eigenvalue weighted by molar-refractivity contribution is 5.85. The van der Waals surface area contributed by atoms with Gasteiger partial charge in [-0.05, 0) is 19.1 Å². The molecule has 0 aliphatic carbocycles. The minimum absolute atomic E-state index is 0.331. The number of nitrogens with zero attached hydrogens (tertiary/aromatic N) is 2. The van der Waals surface area contributed by atoms with E-state index in [2.05, 4.69) is 5.43 Å². The highest BCUT2D eigenvalue weighted by atomic mass is 16.5. The van der Waals surface area contributed by atoms with Crippen LogP contribution in [0.15, 0.2) is 30.5 Å². The van der Waals surface area contributed by atoms with Gasteiger partial charge in [0.1, 0.15) is 0 Å². The number of carbonyl (C=O) groups excluding carboxylic acids is 1. The summed E-state index contributed by atoms with van der Waals surface area (Å²) < 4.78 is 6.43. The summed E-state index contributed by atoms with van der Waals surface area (Å²) in [5, 5.41) is 8.36. The zero-order chi connectivity index (χ0) is 11.8. The summed E-state index contributed by atoms with van der Waals surface area (Å²) >= 11 is 0. The van der Waals surface area contributed by atoms with Crippen LogP contribution in [0.25, 0.3) is 5.41 Å². The lowest BCUT2D eigenvalue weighted by molar-refractivity contribution is -0.652. The average Bonchev–Trinajstić information content (AvgIpc) is 2.30. The lowest BCUT2D eigenvalue weighted by Crippen LogP contribution is -2.50. The van der Waals surface area contributed by atoms with Gasteiger partial charge in [-0.1, -0.05) is 4.68 Å². The molecule has 0 amide bonds. The molecule has 0 saturated heterocycles. The van der Waals surface area contributed by atoms with Crippen molar-refractivity contribution in [3.05, 3.63) is 41.6 Å². The Morgan fingerprint density at radius 1 is 1.69 bits per heavy atom. The van der Waals surface area contributed by atoms with Gasteiger partial charge < -0.3 is 10.1 Å². The Balaban J connectivity index is 2.82. The highest BCUT2D eigenvalue weighted by Gasteiger charge is 2.19. The van der Waals surface area contributed by atoms with Crippen molar-refractivity contribution in [1.29, 1.82) is 0 Å². The number of carbonyl (C=O) groups is 1. The molecule has 1 rings (SSSR count). The second-order valence-electron chi connectivity index (χ2n) is 2.87.